The van der Waals surface area contributed by atoms with Gasteiger partial charge in [-0.05, 0) is 13.3 Å². The van der Waals surface area contributed by atoms with Crippen LogP contribution in [0.25, 0.3) is 0 Å². The Balaban J connectivity index is 2.45. The molecule has 86 valence electrons. The van der Waals surface area contributed by atoms with Gasteiger partial charge in [0.2, 0.25) is 0 Å². The summed E-state index contributed by atoms with van der Waals surface area (Å²) < 4.78 is 23.4. The fourth-order valence-corrected chi connectivity index (χ4v) is 1.77. The first-order chi connectivity index (χ1) is 6.88. The zero-order valence-electron chi connectivity index (χ0n) is 8.92. The lowest BCUT2D eigenvalue weighted by molar-refractivity contribution is 0.564. The van der Waals surface area contributed by atoms with Crippen molar-refractivity contribution in [2.24, 2.45) is 5.73 Å². The number of nitrogens with two attached hydrogens (primary N) is 1. The minimum absolute atomic E-state index is 0.145. The molecule has 1 heterocycles. The third kappa shape index (κ3) is 4.39. The van der Waals surface area contributed by atoms with Crippen LogP contribution in [0.4, 0.5) is 0 Å². The van der Waals surface area contributed by atoms with Crippen molar-refractivity contribution in [3.63, 3.8) is 0 Å². The molecule has 2 N–H and O–H groups in total. The Kier molecular flexibility index (Phi) is 3.81. The topological polar surface area (TPSA) is 90.9 Å². The predicted molar refractivity (Wildman–Crippen MR) is 57.0 cm³/mol. The number of hydrogen-bond acceptors (Lipinski definition) is 5. The van der Waals surface area contributed by atoms with Gasteiger partial charge in [-0.25, -0.2) is 8.42 Å². The minimum Gasteiger partial charge on any atom is -0.323 e. The van der Waals surface area contributed by atoms with Gasteiger partial charge in [-0.3, -0.25) is 4.68 Å². The largest absolute Gasteiger partial charge is 0.323 e. The van der Waals surface area contributed by atoms with Crippen LogP contribution in [-0.2, 0) is 16.4 Å². The van der Waals surface area contributed by atoms with Gasteiger partial charge in [0.05, 0.1) is 17.6 Å². The second-order valence-corrected chi connectivity index (χ2v) is 5.94. The Morgan fingerprint density at radius 3 is 2.73 bits per heavy atom. The molecular formula is C8H16N4O2S. The van der Waals surface area contributed by atoms with Gasteiger partial charge in [-0.15, -0.1) is 5.10 Å². The van der Waals surface area contributed by atoms with Crippen molar-refractivity contribution in [3.8, 4) is 0 Å². The van der Waals surface area contributed by atoms with Crippen molar-refractivity contribution in [3.05, 3.63) is 11.9 Å². The summed E-state index contributed by atoms with van der Waals surface area (Å²) in [6, 6.07) is -0.145. The fourth-order valence-electron chi connectivity index (χ4n) is 1.12. The van der Waals surface area contributed by atoms with E-state index in [9.17, 15) is 8.42 Å². The van der Waals surface area contributed by atoms with Gasteiger partial charge >= 0.3 is 0 Å². The van der Waals surface area contributed by atoms with Crippen LogP contribution in [0.15, 0.2) is 6.20 Å². The van der Waals surface area contributed by atoms with Crippen LogP contribution in [0.3, 0.4) is 0 Å². The molecule has 0 aliphatic rings. The van der Waals surface area contributed by atoms with Crippen LogP contribution in [0.2, 0.25) is 0 Å². The van der Waals surface area contributed by atoms with E-state index in [1.54, 1.807) is 10.9 Å². The molecule has 7 heteroatoms. The third-order valence-corrected chi connectivity index (χ3v) is 2.96. The van der Waals surface area contributed by atoms with E-state index < -0.39 is 9.84 Å². The lowest BCUT2D eigenvalue weighted by atomic mass is 10.3. The highest BCUT2D eigenvalue weighted by Crippen LogP contribution is 2.04. The standard InChI is InChI=1S/C8H16N4O2S/c1-7(9)8-6-12(11-10-8)4-3-5-15(2,13)14/h6-7H,3-5,9H2,1-2H3. The molecule has 1 unspecified atom stereocenters. The van der Waals surface area contributed by atoms with Gasteiger partial charge in [0, 0.05) is 18.8 Å². The smallest absolute Gasteiger partial charge is 0.147 e. The Morgan fingerprint density at radius 2 is 2.27 bits per heavy atom. The molecule has 1 aromatic rings. The van der Waals surface area contributed by atoms with E-state index in [1.165, 1.54) is 6.26 Å². The van der Waals surface area contributed by atoms with Gasteiger partial charge in [-0.1, -0.05) is 5.21 Å². The normalized spacial score (nSPS) is 14.1. The van der Waals surface area contributed by atoms with E-state index in [0.717, 1.165) is 0 Å². The summed E-state index contributed by atoms with van der Waals surface area (Å²) in [5.74, 6) is 0.167. The van der Waals surface area contributed by atoms with Gasteiger partial charge < -0.3 is 5.73 Å². The number of aryl methyl sites for hydroxylation is 1. The zero-order valence-corrected chi connectivity index (χ0v) is 9.74. The van der Waals surface area contributed by atoms with E-state index >= 15 is 0 Å². The Morgan fingerprint density at radius 1 is 1.60 bits per heavy atom. The highest BCUT2D eigenvalue weighted by Gasteiger charge is 2.06. The molecule has 6 nitrogen and oxygen atoms in total. The average molecular weight is 232 g/mol. The zero-order chi connectivity index (χ0) is 11.5. The molecule has 0 saturated carbocycles. The number of hydrogen-bond donors (Lipinski definition) is 1. The second-order valence-electron chi connectivity index (χ2n) is 3.68. The van der Waals surface area contributed by atoms with Gasteiger partial charge in [0.1, 0.15) is 9.84 Å². The van der Waals surface area contributed by atoms with E-state index in [1.807, 2.05) is 6.92 Å². The maximum atomic E-state index is 10.9. The average Bonchev–Trinajstić information content (AvgIpc) is 2.50. The summed E-state index contributed by atoms with van der Waals surface area (Å²) in [6.45, 7) is 2.37. The first kappa shape index (κ1) is 12.1. The van der Waals surface area contributed by atoms with Crippen molar-refractivity contribution >= 4 is 9.84 Å². The maximum absolute atomic E-state index is 10.9. The molecule has 0 saturated heterocycles. The molecule has 15 heavy (non-hydrogen) atoms. The summed E-state index contributed by atoms with van der Waals surface area (Å²) in [5, 5.41) is 7.72. The molecule has 0 aliphatic carbocycles. The highest BCUT2D eigenvalue weighted by molar-refractivity contribution is 7.90. The monoisotopic (exact) mass is 232 g/mol. The molecule has 1 aromatic heterocycles. The molecular weight excluding hydrogens is 216 g/mol. The lowest BCUT2D eigenvalue weighted by Gasteiger charge is -1.99. The van der Waals surface area contributed by atoms with E-state index in [4.69, 9.17) is 5.73 Å². The lowest BCUT2D eigenvalue weighted by Crippen LogP contribution is -2.08. The van der Waals surface area contributed by atoms with E-state index in [2.05, 4.69) is 10.3 Å². The summed E-state index contributed by atoms with van der Waals surface area (Å²) in [6.07, 6.45) is 3.51. The van der Waals surface area contributed by atoms with Crippen LogP contribution in [0, 0.1) is 0 Å². The summed E-state index contributed by atoms with van der Waals surface area (Å²) in [7, 11) is -2.89. The fraction of sp³-hybridized carbons (Fsp3) is 0.750. The molecule has 0 aromatic carbocycles. The maximum Gasteiger partial charge on any atom is 0.147 e. The number of rotatable bonds is 5. The molecule has 1 atom stereocenters. The number of nitrogens with zero attached hydrogens (tertiary/aromatic N) is 3. The third-order valence-electron chi connectivity index (χ3n) is 1.93. The predicted octanol–water partition coefficient (Wildman–Crippen LogP) is -0.267. The molecule has 0 bridgehead atoms. The van der Waals surface area contributed by atoms with Crippen LogP contribution in [0.5, 0.6) is 0 Å². The van der Waals surface area contributed by atoms with Crippen LogP contribution < -0.4 is 5.73 Å². The van der Waals surface area contributed by atoms with Gasteiger partial charge in [0.25, 0.3) is 0 Å². The molecule has 0 radical (unpaired) electrons. The van der Waals surface area contributed by atoms with Crippen molar-refractivity contribution in [1.29, 1.82) is 0 Å². The molecule has 0 spiro atoms. The van der Waals surface area contributed by atoms with Gasteiger partial charge in [0.15, 0.2) is 0 Å². The molecule has 0 fully saturated rings. The minimum atomic E-state index is -2.89. The Hall–Kier alpha value is -0.950. The van der Waals surface area contributed by atoms with E-state index in [0.29, 0.717) is 18.7 Å². The summed E-state index contributed by atoms with van der Waals surface area (Å²) in [5.41, 5.74) is 6.33. The first-order valence-corrected chi connectivity index (χ1v) is 6.78. The Bertz CT molecular complexity index is 410. The second kappa shape index (κ2) is 4.71. The van der Waals surface area contributed by atoms with Crippen molar-refractivity contribution in [2.75, 3.05) is 12.0 Å². The number of aromatic nitrogens is 3. The summed E-state index contributed by atoms with van der Waals surface area (Å²) in [4.78, 5) is 0. The first-order valence-electron chi connectivity index (χ1n) is 4.72. The van der Waals surface area contributed by atoms with Crippen LogP contribution in [-0.4, -0.2) is 35.4 Å². The number of sulfone groups is 1. The molecule has 0 aliphatic heterocycles. The quantitative estimate of drug-likeness (QED) is 0.754. The van der Waals surface area contributed by atoms with Crippen molar-refractivity contribution < 1.29 is 8.42 Å². The summed E-state index contributed by atoms with van der Waals surface area (Å²) >= 11 is 0. The molecule has 1 rings (SSSR count). The van der Waals surface area contributed by atoms with Crippen molar-refractivity contribution in [1.82, 2.24) is 15.0 Å². The highest BCUT2D eigenvalue weighted by atomic mass is 32.2. The molecule has 0 amide bonds. The Labute approximate surface area is 89.4 Å². The van der Waals surface area contributed by atoms with E-state index in [-0.39, 0.29) is 11.8 Å². The SMILES string of the molecule is CC(N)c1cn(CCCS(C)(=O)=O)nn1. The van der Waals surface area contributed by atoms with Gasteiger partial charge in [-0.2, -0.15) is 0 Å². The van der Waals surface area contributed by atoms with Crippen molar-refractivity contribution in [2.45, 2.75) is 25.9 Å². The van der Waals surface area contributed by atoms with Crippen LogP contribution in [0.1, 0.15) is 25.1 Å². The van der Waals surface area contributed by atoms with Crippen LogP contribution >= 0.6 is 0 Å².